The molecule has 2 aromatic carbocycles. The molecular weight excluding hydrogens is 344 g/mol. The van der Waals surface area contributed by atoms with Gasteiger partial charge in [0.25, 0.3) is 0 Å². The predicted molar refractivity (Wildman–Crippen MR) is 102 cm³/mol. The van der Waals surface area contributed by atoms with Crippen LogP contribution in [-0.2, 0) is 9.53 Å². The summed E-state index contributed by atoms with van der Waals surface area (Å²) in [5.74, 6) is 0.322. The lowest BCUT2D eigenvalue weighted by Crippen LogP contribution is -2.43. The van der Waals surface area contributed by atoms with Gasteiger partial charge in [-0.2, -0.15) is 0 Å². The largest absolute Gasteiger partial charge is 0.490 e. The van der Waals surface area contributed by atoms with E-state index < -0.39 is 5.97 Å². The summed E-state index contributed by atoms with van der Waals surface area (Å²) >= 11 is 0. The van der Waals surface area contributed by atoms with Crippen LogP contribution in [0.3, 0.4) is 0 Å². The lowest BCUT2D eigenvalue weighted by atomic mass is 10.1. The second-order valence-corrected chi connectivity index (χ2v) is 6.87. The predicted octanol–water partition coefficient (Wildman–Crippen LogP) is 3.15. The molecule has 0 aromatic heterocycles. The SMILES string of the molecule is Cc1cccc(OCCOC(=O)c2ccc3c(c2)NC(=O)[C@@H]2CCCN32)c1. The van der Waals surface area contributed by atoms with Crippen molar-refractivity contribution in [1.82, 2.24) is 0 Å². The number of rotatable bonds is 5. The third-order valence-electron chi connectivity index (χ3n) is 4.93. The number of aryl methyl sites for hydroxylation is 1. The van der Waals surface area contributed by atoms with Crippen molar-refractivity contribution in [3.63, 3.8) is 0 Å². The molecule has 0 saturated carbocycles. The first-order valence-electron chi connectivity index (χ1n) is 9.20. The van der Waals surface area contributed by atoms with Crippen LogP contribution in [0.1, 0.15) is 28.8 Å². The summed E-state index contributed by atoms with van der Waals surface area (Å²) in [7, 11) is 0. The molecule has 1 atom stereocenters. The van der Waals surface area contributed by atoms with Gasteiger partial charge in [-0.05, 0) is 55.7 Å². The zero-order valence-corrected chi connectivity index (χ0v) is 15.2. The van der Waals surface area contributed by atoms with E-state index >= 15 is 0 Å². The maximum absolute atomic E-state index is 12.3. The van der Waals surface area contributed by atoms with Crippen molar-refractivity contribution < 1.29 is 19.1 Å². The van der Waals surface area contributed by atoms with E-state index in [0.717, 1.165) is 36.4 Å². The van der Waals surface area contributed by atoms with E-state index in [2.05, 4.69) is 10.2 Å². The van der Waals surface area contributed by atoms with Crippen molar-refractivity contribution in [1.29, 1.82) is 0 Å². The Labute approximate surface area is 158 Å². The van der Waals surface area contributed by atoms with Crippen molar-refractivity contribution >= 4 is 23.3 Å². The monoisotopic (exact) mass is 366 g/mol. The summed E-state index contributed by atoms with van der Waals surface area (Å²) < 4.78 is 10.9. The molecule has 0 unspecified atom stereocenters. The minimum atomic E-state index is -0.427. The quantitative estimate of drug-likeness (QED) is 0.650. The Balaban J connectivity index is 1.35. The van der Waals surface area contributed by atoms with E-state index in [0.29, 0.717) is 11.3 Å². The smallest absolute Gasteiger partial charge is 0.338 e. The fourth-order valence-electron chi connectivity index (χ4n) is 3.64. The number of anilines is 2. The maximum atomic E-state index is 12.3. The molecule has 2 aromatic rings. The highest BCUT2D eigenvalue weighted by Gasteiger charge is 2.36. The topological polar surface area (TPSA) is 67.9 Å². The van der Waals surface area contributed by atoms with Crippen LogP contribution in [0.4, 0.5) is 11.4 Å². The zero-order chi connectivity index (χ0) is 18.8. The van der Waals surface area contributed by atoms with Gasteiger partial charge in [0.2, 0.25) is 5.91 Å². The number of hydrogen-bond donors (Lipinski definition) is 1. The first kappa shape index (κ1) is 17.4. The summed E-state index contributed by atoms with van der Waals surface area (Å²) in [6.45, 7) is 3.30. The van der Waals surface area contributed by atoms with Gasteiger partial charge in [0.1, 0.15) is 25.0 Å². The summed E-state index contributed by atoms with van der Waals surface area (Å²) in [5, 5.41) is 2.91. The van der Waals surface area contributed by atoms with Crippen LogP contribution in [0.15, 0.2) is 42.5 Å². The molecule has 27 heavy (non-hydrogen) atoms. The second kappa shape index (κ2) is 7.31. The highest BCUT2D eigenvalue weighted by atomic mass is 16.6. The van der Waals surface area contributed by atoms with E-state index in [-0.39, 0.29) is 25.2 Å². The molecule has 140 valence electrons. The molecule has 0 radical (unpaired) electrons. The Bertz CT molecular complexity index is 880. The number of nitrogens with one attached hydrogen (secondary N) is 1. The molecule has 1 saturated heterocycles. The Morgan fingerprint density at radius 3 is 2.96 bits per heavy atom. The Kier molecular flexibility index (Phi) is 4.71. The first-order valence-corrected chi connectivity index (χ1v) is 9.20. The van der Waals surface area contributed by atoms with Crippen LogP contribution in [0.2, 0.25) is 0 Å². The molecule has 6 heteroatoms. The summed E-state index contributed by atoms with van der Waals surface area (Å²) in [6.07, 6.45) is 1.87. The normalized spacial score (nSPS) is 17.7. The van der Waals surface area contributed by atoms with Crippen LogP contribution in [-0.4, -0.2) is 37.7 Å². The van der Waals surface area contributed by atoms with Crippen molar-refractivity contribution in [2.75, 3.05) is 30.0 Å². The summed E-state index contributed by atoms with van der Waals surface area (Å²) in [5.41, 5.74) is 3.17. The molecule has 1 amide bonds. The fourth-order valence-corrected chi connectivity index (χ4v) is 3.64. The van der Waals surface area contributed by atoms with Crippen molar-refractivity contribution in [2.24, 2.45) is 0 Å². The minimum absolute atomic E-state index is 0.00271. The van der Waals surface area contributed by atoms with Crippen LogP contribution in [0, 0.1) is 6.92 Å². The van der Waals surface area contributed by atoms with Crippen LogP contribution >= 0.6 is 0 Å². The number of carbonyl (C=O) groups excluding carboxylic acids is 2. The number of esters is 1. The molecule has 4 rings (SSSR count). The first-order chi connectivity index (χ1) is 13.1. The van der Waals surface area contributed by atoms with Gasteiger partial charge in [0.05, 0.1) is 16.9 Å². The highest BCUT2D eigenvalue weighted by molar-refractivity contribution is 6.05. The van der Waals surface area contributed by atoms with Crippen molar-refractivity contribution in [3.05, 3.63) is 53.6 Å². The number of carbonyl (C=O) groups is 2. The van der Waals surface area contributed by atoms with Gasteiger partial charge in [-0.25, -0.2) is 4.79 Å². The molecule has 0 bridgehead atoms. The second-order valence-electron chi connectivity index (χ2n) is 6.87. The number of benzene rings is 2. The Morgan fingerprint density at radius 2 is 2.11 bits per heavy atom. The van der Waals surface area contributed by atoms with E-state index in [9.17, 15) is 9.59 Å². The third-order valence-corrected chi connectivity index (χ3v) is 4.93. The van der Waals surface area contributed by atoms with Gasteiger partial charge in [-0.1, -0.05) is 12.1 Å². The Morgan fingerprint density at radius 1 is 1.22 bits per heavy atom. The average Bonchev–Trinajstić information content (AvgIpc) is 3.15. The molecule has 2 aliphatic heterocycles. The lowest BCUT2D eigenvalue weighted by Gasteiger charge is -2.33. The molecule has 2 aliphatic rings. The van der Waals surface area contributed by atoms with E-state index in [1.807, 2.05) is 37.3 Å². The zero-order valence-electron chi connectivity index (χ0n) is 15.2. The number of fused-ring (bicyclic) bond motifs is 3. The molecule has 1 N–H and O–H groups in total. The molecule has 0 aliphatic carbocycles. The summed E-state index contributed by atoms with van der Waals surface area (Å²) in [4.78, 5) is 26.6. The molecule has 6 nitrogen and oxygen atoms in total. The summed E-state index contributed by atoms with van der Waals surface area (Å²) in [6, 6.07) is 12.9. The molecule has 0 spiro atoms. The fraction of sp³-hybridized carbons (Fsp3) is 0.333. The molecule has 2 heterocycles. The maximum Gasteiger partial charge on any atom is 0.338 e. The van der Waals surface area contributed by atoms with Gasteiger partial charge in [-0.15, -0.1) is 0 Å². The number of ether oxygens (including phenoxy) is 2. The van der Waals surface area contributed by atoms with E-state index in [1.54, 1.807) is 12.1 Å². The number of hydrogen-bond acceptors (Lipinski definition) is 5. The van der Waals surface area contributed by atoms with Crippen molar-refractivity contribution in [3.8, 4) is 5.75 Å². The van der Waals surface area contributed by atoms with Crippen LogP contribution < -0.4 is 15.0 Å². The van der Waals surface area contributed by atoms with Gasteiger partial charge in [0, 0.05) is 6.54 Å². The Hall–Kier alpha value is -3.02. The van der Waals surface area contributed by atoms with Crippen molar-refractivity contribution in [2.45, 2.75) is 25.8 Å². The van der Waals surface area contributed by atoms with Gasteiger partial charge in [-0.3, -0.25) is 4.79 Å². The van der Waals surface area contributed by atoms with Gasteiger partial charge < -0.3 is 19.7 Å². The van der Waals surface area contributed by atoms with E-state index in [4.69, 9.17) is 9.47 Å². The molecular formula is C21H22N2O4. The minimum Gasteiger partial charge on any atom is -0.490 e. The van der Waals surface area contributed by atoms with E-state index in [1.165, 1.54) is 0 Å². The average molecular weight is 366 g/mol. The van der Waals surface area contributed by atoms with Gasteiger partial charge in [0.15, 0.2) is 0 Å². The third kappa shape index (κ3) is 3.60. The number of nitrogens with zero attached hydrogens (tertiary/aromatic N) is 1. The van der Waals surface area contributed by atoms with Gasteiger partial charge >= 0.3 is 5.97 Å². The highest BCUT2D eigenvalue weighted by Crippen LogP contribution is 2.37. The number of amides is 1. The van der Waals surface area contributed by atoms with Crippen LogP contribution in [0.25, 0.3) is 0 Å². The lowest BCUT2D eigenvalue weighted by molar-refractivity contribution is -0.117. The van der Waals surface area contributed by atoms with Crippen LogP contribution in [0.5, 0.6) is 5.75 Å². The standard InChI is InChI=1S/C21H22N2O4/c1-14-4-2-5-16(12-14)26-10-11-27-21(25)15-7-8-18-17(13-15)22-20(24)19-6-3-9-23(18)19/h2,4-5,7-8,12-13,19H,3,6,9-11H2,1H3,(H,22,24)/t19-/m0/s1. The molecule has 1 fully saturated rings.